The molecule has 0 radical (unpaired) electrons. The van der Waals surface area contributed by atoms with E-state index in [0.717, 1.165) is 36.1 Å². The maximum atomic E-state index is 13.0. The van der Waals surface area contributed by atoms with Crippen LogP contribution in [0.5, 0.6) is 5.75 Å². The van der Waals surface area contributed by atoms with Gasteiger partial charge in [0.05, 0.1) is 18.3 Å². The molecule has 0 aromatic heterocycles. The molecule has 1 N–H and O–H groups in total. The van der Waals surface area contributed by atoms with Gasteiger partial charge in [-0.05, 0) is 61.1 Å². The fraction of sp³-hybridized carbons (Fsp3) is 0.438. The van der Waals surface area contributed by atoms with Gasteiger partial charge < -0.3 is 14.6 Å². The second-order valence-corrected chi connectivity index (χ2v) is 9.81. The molecule has 2 atom stereocenters. The number of hydrogen-bond donors (Lipinski definition) is 1. The van der Waals surface area contributed by atoms with Crippen LogP contribution in [0.1, 0.15) is 93.6 Å². The highest BCUT2D eigenvalue weighted by Gasteiger charge is 2.41. The maximum absolute atomic E-state index is 13.0. The number of hydrogen-bond acceptors (Lipinski definition) is 4. The normalized spacial score (nSPS) is 17.6. The monoisotopic (exact) mass is 504 g/mol. The fourth-order valence-electron chi connectivity index (χ4n) is 4.73. The predicted octanol–water partition coefficient (Wildman–Crippen LogP) is 7.75. The summed E-state index contributed by atoms with van der Waals surface area (Å²) in [6.07, 6.45) is 13.1. The molecule has 0 saturated carbocycles. The number of aliphatic carboxylic acids is 1. The minimum atomic E-state index is -1.34. The summed E-state index contributed by atoms with van der Waals surface area (Å²) in [5.41, 5.74) is 1.34. The smallest absolute Gasteiger partial charge is 0.338 e. The second-order valence-electron chi connectivity index (χ2n) is 9.81. The Morgan fingerprint density at radius 2 is 1.70 bits per heavy atom. The molecule has 0 heterocycles. The van der Waals surface area contributed by atoms with Gasteiger partial charge in [-0.2, -0.15) is 0 Å². The van der Waals surface area contributed by atoms with Gasteiger partial charge in [-0.25, -0.2) is 4.79 Å². The van der Waals surface area contributed by atoms with Crippen LogP contribution < -0.4 is 4.74 Å². The van der Waals surface area contributed by atoms with E-state index in [1.165, 1.54) is 25.7 Å². The van der Waals surface area contributed by atoms with E-state index in [0.29, 0.717) is 17.7 Å². The average molecular weight is 505 g/mol. The molecular formula is C32H40O5. The van der Waals surface area contributed by atoms with Crippen molar-refractivity contribution in [3.05, 3.63) is 83.4 Å². The SMILES string of the molecule is CCCCCCCOc1ccc(C2=CCC(C(=O)O)(c3ccccc3C(=O)OC(C)CCC)C=C2)cc1. The van der Waals surface area contributed by atoms with Crippen LogP contribution in [0.25, 0.3) is 5.57 Å². The van der Waals surface area contributed by atoms with Crippen LogP contribution in [0.4, 0.5) is 0 Å². The van der Waals surface area contributed by atoms with Crippen molar-refractivity contribution in [2.45, 2.75) is 83.7 Å². The Bertz CT molecular complexity index is 1100. The van der Waals surface area contributed by atoms with Crippen molar-refractivity contribution in [1.82, 2.24) is 0 Å². The van der Waals surface area contributed by atoms with Crippen LogP contribution in [0.2, 0.25) is 0 Å². The molecule has 0 aliphatic heterocycles. The van der Waals surface area contributed by atoms with E-state index in [1.807, 2.05) is 50.3 Å². The molecule has 5 nitrogen and oxygen atoms in total. The lowest BCUT2D eigenvalue weighted by Gasteiger charge is -2.30. The molecule has 2 aromatic carbocycles. The first-order chi connectivity index (χ1) is 17.9. The quantitative estimate of drug-likeness (QED) is 0.210. The number of carbonyl (C=O) groups is 2. The molecule has 0 bridgehead atoms. The molecule has 1 aliphatic carbocycles. The Morgan fingerprint density at radius 3 is 2.35 bits per heavy atom. The number of rotatable bonds is 14. The Morgan fingerprint density at radius 1 is 0.973 bits per heavy atom. The van der Waals surface area contributed by atoms with Crippen LogP contribution in [-0.2, 0) is 14.9 Å². The summed E-state index contributed by atoms with van der Waals surface area (Å²) in [5, 5.41) is 10.3. The lowest BCUT2D eigenvalue weighted by atomic mass is 9.72. The third kappa shape index (κ3) is 7.34. The molecule has 3 rings (SSSR count). The van der Waals surface area contributed by atoms with Gasteiger partial charge in [0.15, 0.2) is 0 Å². The van der Waals surface area contributed by atoms with E-state index >= 15 is 0 Å². The molecule has 0 fully saturated rings. The van der Waals surface area contributed by atoms with Crippen molar-refractivity contribution in [2.24, 2.45) is 0 Å². The van der Waals surface area contributed by atoms with Crippen molar-refractivity contribution in [3.63, 3.8) is 0 Å². The number of unbranched alkanes of at least 4 members (excludes halogenated alkanes) is 4. The molecule has 198 valence electrons. The van der Waals surface area contributed by atoms with Crippen LogP contribution in [-0.4, -0.2) is 29.8 Å². The Hall–Kier alpha value is -3.34. The maximum Gasteiger partial charge on any atom is 0.338 e. The summed E-state index contributed by atoms with van der Waals surface area (Å²) in [6.45, 7) is 6.81. The standard InChI is InChI=1S/C32H40O5/c1-4-6-7-8-11-23-36-27-17-15-25(16-18-27)26-19-21-32(22-20-26,31(34)35)29-14-10-9-13-28(29)30(33)37-24(3)12-5-2/h9-10,13-21,24H,4-8,11-12,22-23H2,1-3H3,(H,34,35). The van der Waals surface area contributed by atoms with Gasteiger partial charge in [0.1, 0.15) is 11.2 Å². The molecule has 0 amide bonds. The molecule has 1 aliphatic rings. The number of ether oxygens (including phenoxy) is 2. The third-order valence-corrected chi connectivity index (χ3v) is 6.91. The molecule has 5 heteroatoms. The van der Waals surface area contributed by atoms with E-state index in [9.17, 15) is 14.7 Å². The van der Waals surface area contributed by atoms with E-state index in [-0.39, 0.29) is 12.5 Å². The summed E-state index contributed by atoms with van der Waals surface area (Å²) in [4.78, 5) is 25.5. The first-order valence-corrected chi connectivity index (χ1v) is 13.6. The molecule has 37 heavy (non-hydrogen) atoms. The molecule has 0 saturated heterocycles. The first kappa shape index (κ1) is 28.2. The summed E-state index contributed by atoms with van der Waals surface area (Å²) in [6, 6.07) is 14.8. The molecule has 2 aromatic rings. The van der Waals surface area contributed by atoms with Gasteiger partial charge in [-0.1, -0.05) is 94.5 Å². The number of benzene rings is 2. The van der Waals surface area contributed by atoms with Crippen LogP contribution >= 0.6 is 0 Å². The number of allylic oxidation sites excluding steroid dienone is 3. The van der Waals surface area contributed by atoms with Crippen molar-refractivity contribution >= 4 is 17.5 Å². The lowest BCUT2D eigenvalue weighted by molar-refractivity contribution is -0.141. The molecule has 0 spiro atoms. The summed E-state index contributed by atoms with van der Waals surface area (Å²) in [5.74, 6) is -0.644. The largest absolute Gasteiger partial charge is 0.494 e. The van der Waals surface area contributed by atoms with Crippen molar-refractivity contribution in [1.29, 1.82) is 0 Å². The fourth-order valence-corrected chi connectivity index (χ4v) is 4.73. The van der Waals surface area contributed by atoms with E-state index < -0.39 is 17.4 Å². The summed E-state index contributed by atoms with van der Waals surface area (Å²) < 4.78 is 11.5. The van der Waals surface area contributed by atoms with E-state index in [4.69, 9.17) is 9.47 Å². The van der Waals surface area contributed by atoms with Gasteiger partial charge in [0.2, 0.25) is 0 Å². The Kier molecular flexibility index (Phi) is 10.6. The van der Waals surface area contributed by atoms with Crippen LogP contribution in [0.3, 0.4) is 0 Å². The second kappa shape index (κ2) is 13.8. The predicted molar refractivity (Wildman–Crippen MR) is 148 cm³/mol. The minimum absolute atomic E-state index is 0.229. The van der Waals surface area contributed by atoms with Gasteiger partial charge in [0, 0.05) is 0 Å². The Balaban J connectivity index is 1.72. The highest BCUT2D eigenvalue weighted by molar-refractivity contribution is 5.97. The minimum Gasteiger partial charge on any atom is -0.494 e. The zero-order valence-electron chi connectivity index (χ0n) is 22.4. The van der Waals surface area contributed by atoms with E-state index in [2.05, 4.69) is 6.92 Å². The number of carboxylic acid groups (broad SMARTS) is 1. The van der Waals surface area contributed by atoms with E-state index in [1.54, 1.807) is 30.3 Å². The van der Waals surface area contributed by atoms with Gasteiger partial charge in [-0.3, -0.25) is 4.79 Å². The number of esters is 1. The van der Waals surface area contributed by atoms with Crippen LogP contribution in [0.15, 0.2) is 66.8 Å². The van der Waals surface area contributed by atoms with Crippen molar-refractivity contribution < 1.29 is 24.2 Å². The summed E-state index contributed by atoms with van der Waals surface area (Å²) >= 11 is 0. The van der Waals surface area contributed by atoms with Crippen molar-refractivity contribution in [3.8, 4) is 5.75 Å². The zero-order chi connectivity index (χ0) is 26.7. The average Bonchev–Trinajstić information content (AvgIpc) is 2.91. The number of carboxylic acids is 1. The summed E-state index contributed by atoms with van der Waals surface area (Å²) in [7, 11) is 0. The highest BCUT2D eigenvalue weighted by Crippen LogP contribution is 2.39. The van der Waals surface area contributed by atoms with Crippen molar-refractivity contribution in [2.75, 3.05) is 6.61 Å². The van der Waals surface area contributed by atoms with Gasteiger partial charge in [0.25, 0.3) is 0 Å². The first-order valence-electron chi connectivity index (χ1n) is 13.6. The lowest BCUT2D eigenvalue weighted by Crippen LogP contribution is -2.36. The highest BCUT2D eigenvalue weighted by atomic mass is 16.5. The van der Waals surface area contributed by atoms with Gasteiger partial charge in [-0.15, -0.1) is 0 Å². The van der Waals surface area contributed by atoms with Gasteiger partial charge >= 0.3 is 11.9 Å². The topological polar surface area (TPSA) is 72.8 Å². The molecule has 2 unspecified atom stereocenters. The zero-order valence-corrected chi connectivity index (χ0v) is 22.4. The Labute approximate surface area is 221 Å². The third-order valence-electron chi connectivity index (χ3n) is 6.91. The number of carbonyl (C=O) groups excluding carboxylic acids is 1. The molecular weight excluding hydrogens is 464 g/mol. The van der Waals surface area contributed by atoms with Crippen LogP contribution in [0, 0.1) is 0 Å².